The first kappa shape index (κ1) is 18.9. The minimum atomic E-state index is -2.70. The van der Waals surface area contributed by atoms with Crippen LogP contribution in [-0.4, -0.2) is 46.0 Å². The molecule has 0 aliphatic carbocycles. The summed E-state index contributed by atoms with van der Waals surface area (Å²) in [5.74, 6) is -0.0530. The first-order valence-corrected chi connectivity index (χ1v) is 7.43. The standard InChI is InChI=1S/C14H23F2N5O2/c1-4-10(2)19-12(22)5-6-18-14(23)20(3)9-11-17-7-8-21(11)13(15)16/h7-8,10,13H,4-6,9H2,1-3H3,(H,18,23)(H,19,22). The molecule has 1 heterocycles. The molecule has 1 rings (SSSR count). The quantitative estimate of drug-likeness (QED) is 0.761. The van der Waals surface area contributed by atoms with Gasteiger partial charge in [0, 0.05) is 38.4 Å². The summed E-state index contributed by atoms with van der Waals surface area (Å²) in [7, 11) is 1.47. The summed E-state index contributed by atoms with van der Waals surface area (Å²) in [6, 6.07) is -0.362. The Bertz CT molecular complexity index is 521. The second kappa shape index (κ2) is 9.06. The Morgan fingerprint density at radius 3 is 2.74 bits per heavy atom. The van der Waals surface area contributed by atoms with Gasteiger partial charge in [-0.1, -0.05) is 6.92 Å². The van der Waals surface area contributed by atoms with Crippen LogP contribution in [0.4, 0.5) is 13.6 Å². The summed E-state index contributed by atoms with van der Waals surface area (Å²) in [5, 5.41) is 5.36. The van der Waals surface area contributed by atoms with Gasteiger partial charge in [0.05, 0.1) is 6.54 Å². The number of imidazole rings is 1. The molecule has 0 aliphatic heterocycles. The molecule has 3 amide bonds. The van der Waals surface area contributed by atoms with Crippen molar-refractivity contribution >= 4 is 11.9 Å². The maximum atomic E-state index is 12.7. The van der Waals surface area contributed by atoms with Crippen molar-refractivity contribution in [3.8, 4) is 0 Å². The van der Waals surface area contributed by atoms with Gasteiger partial charge in [0.2, 0.25) is 5.91 Å². The van der Waals surface area contributed by atoms with E-state index in [0.29, 0.717) is 4.57 Å². The molecule has 0 saturated heterocycles. The largest absolute Gasteiger partial charge is 0.354 e. The molecule has 1 aromatic heterocycles. The molecule has 0 radical (unpaired) electrons. The number of aromatic nitrogens is 2. The lowest BCUT2D eigenvalue weighted by molar-refractivity contribution is -0.121. The zero-order chi connectivity index (χ0) is 17.4. The molecule has 9 heteroatoms. The fraction of sp³-hybridized carbons (Fsp3) is 0.643. The number of carbonyl (C=O) groups excluding carboxylic acids is 2. The summed E-state index contributed by atoms with van der Waals surface area (Å²) >= 11 is 0. The minimum Gasteiger partial charge on any atom is -0.354 e. The average molecular weight is 331 g/mol. The van der Waals surface area contributed by atoms with Crippen LogP contribution in [0.15, 0.2) is 12.4 Å². The second-order valence-corrected chi connectivity index (χ2v) is 5.24. The molecular formula is C14H23F2N5O2. The van der Waals surface area contributed by atoms with Crippen LogP contribution in [0.5, 0.6) is 0 Å². The van der Waals surface area contributed by atoms with E-state index in [1.54, 1.807) is 0 Å². The maximum absolute atomic E-state index is 12.7. The van der Waals surface area contributed by atoms with E-state index >= 15 is 0 Å². The van der Waals surface area contributed by atoms with E-state index < -0.39 is 12.6 Å². The third-order valence-electron chi connectivity index (χ3n) is 3.33. The number of hydrogen-bond donors (Lipinski definition) is 2. The van der Waals surface area contributed by atoms with Gasteiger partial charge < -0.3 is 15.5 Å². The SMILES string of the molecule is CCC(C)NC(=O)CCNC(=O)N(C)Cc1nccn1C(F)F. The van der Waals surface area contributed by atoms with Crippen LogP contribution in [0.1, 0.15) is 39.1 Å². The van der Waals surface area contributed by atoms with E-state index in [1.807, 2.05) is 13.8 Å². The van der Waals surface area contributed by atoms with Gasteiger partial charge in [-0.3, -0.25) is 9.36 Å². The predicted octanol–water partition coefficient (Wildman–Crippen LogP) is 1.72. The van der Waals surface area contributed by atoms with Crippen LogP contribution >= 0.6 is 0 Å². The van der Waals surface area contributed by atoms with Crippen molar-refractivity contribution < 1.29 is 18.4 Å². The second-order valence-electron chi connectivity index (χ2n) is 5.24. The highest BCUT2D eigenvalue weighted by Gasteiger charge is 2.16. The van der Waals surface area contributed by atoms with Crippen LogP contribution in [-0.2, 0) is 11.3 Å². The van der Waals surface area contributed by atoms with Gasteiger partial charge >= 0.3 is 12.6 Å². The number of carbonyl (C=O) groups is 2. The van der Waals surface area contributed by atoms with Gasteiger partial charge in [-0.15, -0.1) is 0 Å². The molecule has 2 N–H and O–H groups in total. The van der Waals surface area contributed by atoms with E-state index in [1.165, 1.54) is 18.1 Å². The summed E-state index contributed by atoms with van der Waals surface area (Å²) in [6.45, 7) is 1.28. The first-order chi connectivity index (χ1) is 10.8. The highest BCUT2D eigenvalue weighted by atomic mass is 19.3. The fourth-order valence-corrected chi connectivity index (χ4v) is 1.79. The Hall–Kier alpha value is -2.19. The average Bonchev–Trinajstić information content (AvgIpc) is 2.95. The molecule has 0 saturated carbocycles. The molecule has 0 bridgehead atoms. The number of rotatable bonds is 8. The van der Waals surface area contributed by atoms with Gasteiger partial charge in [-0.25, -0.2) is 9.78 Å². The summed E-state index contributed by atoms with van der Waals surface area (Å²) in [4.78, 5) is 28.5. The Balaban J connectivity index is 2.37. The third-order valence-corrected chi connectivity index (χ3v) is 3.33. The van der Waals surface area contributed by atoms with Crippen LogP contribution in [0.25, 0.3) is 0 Å². The lowest BCUT2D eigenvalue weighted by Crippen LogP contribution is -2.40. The summed E-state index contributed by atoms with van der Waals surface area (Å²) in [6.07, 6.45) is 3.41. The summed E-state index contributed by atoms with van der Waals surface area (Å²) in [5.41, 5.74) is 0. The van der Waals surface area contributed by atoms with Gasteiger partial charge in [-0.2, -0.15) is 8.78 Å². The zero-order valence-corrected chi connectivity index (χ0v) is 13.6. The van der Waals surface area contributed by atoms with Gasteiger partial charge in [-0.05, 0) is 13.3 Å². The van der Waals surface area contributed by atoms with Crippen molar-refractivity contribution in [1.29, 1.82) is 0 Å². The number of nitrogens with zero attached hydrogens (tertiary/aromatic N) is 3. The van der Waals surface area contributed by atoms with E-state index in [-0.39, 0.29) is 37.3 Å². The lowest BCUT2D eigenvalue weighted by atomic mass is 10.2. The van der Waals surface area contributed by atoms with E-state index in [9.17, 15) is 18.4 Å². The van der Waals surface area contributed by atoms with Gasteiger partial charge in [0.15, 0.2) is 0 Å². The van der Waals surface area contributed by atoms with Gasteiger partial charge in [0.25, 0.3) is 0 Å². The van der Waals surface area contributed by atoms with Crippen molar-refractivity contribution in [3.05, 3.63) is 18.2 Å². The Morgan fingerprint density at radius 2 is 2.13 bits per heavy atom. The molecule has 0 aromatic carbocycles. The Morgan fingerprint density at radius 1 is 1.43 bits per heavy atom. The number of urea groups is 1. The smallest absolute Gasteiger partial charge is 0.319 e. The Labute approximate surface area is 134 Å². The third kappa shape index (κ3) is 6.21. The number of nitrogens with one attached hydrogen (secondary N) is 2. The zero-order valence-electron chi connectivity index (χ0n) is 13.6. The molecule has 0 fully saturated rings. The van der Waals surface area contributed by atoms with E-state index in [0.717, 1.165) is 12.6 Å². The van der Waals surface area contributed by atoms with Crippen LogP contribution in [0, 0.1) is 0 Å². The molecule has 1 aromatic rings. The lowest BCUT2D eigenvalue weighted by Gasteiger charge is -2.18. The highest BCUT2D eigenvalue weighted by Crippen LogP contribution is 2.13. The van der Waals surface area contributed by atoms with Crippen LogP contribution in [0.2, 0.25) is 0 Å². The number of alkyl halides is 2. The normalized spacial score (nSPS) is 12.1. The predicted molar refractivity (Wildman–Crippen MR) is 80.9 cm³/mol. The highest BCUT2D eigenvalue weighted by molar-refractivity contribution is 5.78. The molecule has 23 heavy (non-hydrogen) atoms. The number of halogens is 2. The van der Waals surface area contributed by atoms with Crippen LogP contribution < -0.4 is 10.6 Å². The monoisotopic (exact) mass is 331 g/mol. The van der Waals surface area contributed by atoms with Crippen molar-refractivity contribution in [1.82, 2.24) is 25.1 Å². The van der Waals surface area contributed by atoms with E-state index in [4.69, 9.17) is 0 Å². The van der Waals surface area contributed by atoms with Crippen molar-refractivity contribution in [3.63, 3.8) is 0 Å². The van der Waals surface area contributed by atoms with E-state index in [2.05, 4.69) is 15.6 Å². The summed E-state index contributed by atoms with van der Waals surface area (Å²) < 4.78 is 26.1. The topological polar surface area (TPSA) is 79.3 Å². The first-order valence-electron chi connectivity index (χ1n) is 7.43. The molecule has 7 nitrogen and oxygen atoms in total. The minimum absolute atomic E-state index is 0.0533. The Kier molecular flexibility index (Phi) is 7.43. The molecule has 1 atom stereocenters. The maximum Gasteiger partial charge on any atom is 0.319 e. The van der Waals surface area contributed by atoms with Gasteiger partial charge in [0.1, 0.15) is 5.82 Å². The van der Waals surface area contributed by atoms with Crippen molar-refractivity contribution in [2.24, 2.45) is 0 Å². The number of hydrogen-bond acceptors (Lipinski definition) is 3. The van der Waals surface area contributed by atoms with Crippen molar-refractivity contribution in [2.75, 3.05) is 13.6 Å². The number of amides is 3. The molecule has 0 spiro atoms. The molecular weight excluding hydrogens is 308 g/mol. The van der Waals surface area contributed by atoms with Crippen molar-refractivity contribution in [2.45, 2.75) is 45.8 Å². The van der Waals surface area contributed by atoms with Crippen LogP contribution in [0.3, 0.4) is 0 Å². The molecule has 0 aliphatic rings. The molecule has 130 valence electrons. The fourth-order valence-electron chi connectivity index (χ4n) is 1.79. The molecule has 1 unspecified atom stereocenters.